The Kier molecular flexibility index (Phi) is 5.23. The second-order valence-electron chi connectivity index (χ2n) is 6.21. The molecular weight excluding hydrogens is 332 g/mol. The molecule has 0 saturated heterocycles. The fourth-order valence-electron chi connectivity index (χ4n) is 2.94. The second kappa shape index (κ2) is 7.58. The van der Waals surface area contributed by atoms with E-state index in [2.05, 4.69) is 0 Å². The Hall–Kier alpha value is -2.86. The molecule has 0 aliphatic rings. The van der Waals surface area contributed by atoms with Crippen molar-refractivity contribution in [1.82, 2.24) is 9.13 Å². The van der Waals surface area contributed by atoms with Crippen LogP contribution in [0.2, 0.25) is 0 Å². The maximum atomic E-state index is 12.4. The van der Waals surface area contributed by atoms with Gasteiger partial charge >= 0.3 is 5.69 Å². The van der Waals surface area contributed by atoms with Crippen molar-refractivity contribution in [3.63, 3.8) is 0 Å². The van der Waals surface area contributed by atoms with E-state index >= 15 is 0 Å². The molecule has 0 saturated carbocycles. The van der Waals surface area contributed by atoms with Gasteiger partial charge in [0.05, 0.1) is 17.6 Å². The van der Waals surface area contributed by atoms with Gasteiger partial charge in [0.15, 0.2) is 5.78 Å². The zero-order valence-electron chi connectivity index (χ0n) is 14.9. The fraction of sp³-hybridized carbons (Fsp3) is 0.300. The van der Waals surface area contributed by atoms with Gasteiger partial charge in [-0.1, -0.05) is 19.1 Å². The van der Waals surface area contributed by atoms with Gasteiger partial charge in [0.1, 0.15) is 18.5 Å². The molecule has 2 aromatic carbocycles. The number of imidazole rings is 1. The van der Waals surface area contributed by atoms with Gasteiger partial charge in [-0.2, -0.15) is 0 Å². The van der Waals surface area contributed by atoms with Crippen LogP contribution in [0.4, 0.5) is 0 Å². The maximum absolute atomic E-state index is 12.4. The molecule has 1 atom stereocenters. The maximum Gasteiger partial charge on any atom is 0.328 e. The van der Waals surface area contributed by atoms with Gasteiger partial charge in [0.25, 0.3) is 0 Å². The van der Waals surface area contributed by atoms with Crippen LogP contribution in [0.1, 0.15) is 23.7 Å². The molecule has 0 bridgehead atoms. The Bertz CT molecular complexity index is 970. The minimum absolute atomic E-state index is 0.0523. The van der Waals surface area contributed by atoms with Crippen molar-refractivity contribution in [2.24, 2.45) is 7.05 Å². The van der Waals surface area contributed by atoms with Crippen molar-refractivity contribution in [2.75, 3.05) is 6.61 Å². The number of ether oxygens (including phenoxy) is 1. The largest absolute Gasteiger partial charge is 0.491 e. The average Bonchev–Trinajstić information content (AvgIpc) is 2.91. The monoisotopic (exact) mass is 354 g/mol. The summed E-state index contributed by atoms with van der Waals surface area (Å²) in [6, 6.07) is 14.3. The standard InChI is InChI=1S/C20H22N2O4/c1-3-19(24)14-8-10-16(11-9-14)26-13-15(23)12-22-18-7-5-4-6-17(18)21(2)20(22)25/h4-11,15,23H,3,12-13H2,1-2H3. The Morgan fingerprint density at radius 3 is 2.42 bits per heavy atom. The number of Topliss-reactive ketones (excluding diaryl/α,β-unsaturated/α-hetero) is 1. The Morgan fingerprint density at radius 1 is 1.12 bits per heavy atom. The Labute approximate surface area is 151 Å². The summed E-state index contributed by atoms with van der Waals surface area (Å²) in [7, 11) is 1.71. The molecule has 0 amide bonds. The number of aliphatic hydroxyl groups excluding tert-OH is 1. The number of carbonyl (C=O) groups excluding carboxylic acids is 1. The van der Waals surface area contributed by atoms with Crippen LogP contribution in [0.5, 0.6) is 5.75 Å². The number of hydrogen-bond donors (Lipinski definition) is 1. The molecule has 0 aliphatic heterocycles. The molecule has 6 nitrogen and oxygen atoms in total. The number of benzene rings is 2. The van der Waals surface area contributed by atoms with Crippen LogP contribution in [-0.4, -0.2) is 32.7 Å². The highest BCUT2D eigenvalue weighted by Gasteiger charge is 2.14. The highest BCUT2D eigenvalue weighted by Crippen LogP contribution is 2.15. The molecule has 3 rings (SSSR count). The highest BCUT2D eigenvalue weighted by atomic mass is 16.5. The molecule has 26 heavy (non-hydrogen) atoms. The van der Waals surface area contributed by atoms with Gasteiger partial charge in [-0.3, -0.25) is 13.9 Å². The normalized spacial score (nSPS) is 12.3. The molecular formula is C20H22N2O4. The third-order valence-electron chi connectivity index (χ3n) is 4.38. The smallest absolute Gasteiger partial charge is 0.328 e. The second-order valence-corrected chi connectivity index (χ2v) is 6.21. The summed E-state index contributed by atoms with van der Waals surface area (Å²) in [5.74, 6) is 0.647. The van der Waals surface area contributed by atoms with Crippen LogP contribution in [-0.2, 0) is 13.6 Å². The zero-order valence-corrected chi connectivity index (χ0v) is 14.9. The lowest BCUT2D eigenvalue weighted by atomic mass is 10.1. The van der Waals surface area contributed by atoms with Crippen molar-refractivity contribution in [1.29, 1.82) is 0 Å². The minimum atomic E-state index is -0.838. The third kappa shape index (κ3) is 3.55. The van der Waals surface area contributed by atoms with Gasteiger partial charge in [0, 0.05) is 19.0 Å². The van der Waals surface area contributed by atoms with E-state index in [1.165, 1.54) is 0 Å². The summed E-state index contributed by atoms with van der Waals surface area (Å²) >= 11 is 0. The zero-order chi connectivity index (χ0) is 18.7. The first kappa shape index (κ1) is 17.9. The number of aromatic nitrogens is 2. The summed E-state index contributed by atoms with van der Waals surface area (Å²) < 4.78 is 8.69. The number of nitrogens with zero attached hydrogens (tertiary/aromatic N) is 2. The summed E-state index contributed by atoms with van der Waals surface area (Å²) in [4.78, 5) is 24.0. The molecule has 0 aliphatic carbocycles. The van der Waals surface area contributed by atoms with E-state index in [1.54, 1.807) is 40.4 Å². The molecule has 1 unspecified atom stereocenters. The lowest BCUT2D eigenvalue weighted by Gasteiger charge is -2.13. The van der Waals surface area contributed by atoms with E-state index < -0.39 is 6.10 Å². The van der Waals surface area contributed by atoms with Crippen molar-refractivity contribution in [3.05, 3.63) is 64.6 Å². The topological polar surface area (TPSA) is 73.5 Å². The van der Waals surface area contributed by atoms with Crippen LogP contribution in [0, 0.1) is 0 Å². The van der Waals surface area contributed by atoms with Gasteiger partial charge in [-0.25, -0.2) is 4.79 Å². The summed E-state index contributed by atoms with van der Waals surface area (Å²) in [5, 5.41) is 10.3. The lowest BCUT2D eigenvalue weighted by Crippen LogP contribution is -2.30. The molecule has 1 heterocycles. The number of carbonyl (C=O) groups is 1. The van der Waals surface area contributed by atoms with Crippen LogP contribution in [0.15, 0.2) is 53.3 Å². The van der Waals surface area contributed by atoms with Gasteiger partial charge in [-0.05, 0) is 36.4 Å². The van der Waals surface area contributed by atoms with E-state index in [-0.39, 0.29) is 24.6 Å². The highest BCUT2D eigenvalue weighted by molar-refractivity contribution is 5.95. The molecule has 0 radical (unpaired) electrons. The van der Waals surface area contributed by atoms with Crippen molar-refractivity contribution < 1.29 is 14.6 Å². The van der Waals surface area contributed by atoms with E-state index in [1.807, 2.05) is 31.2 Å². The summed E-state index contributed by atoms with van der Waals surface area (Å²) in [6.07, 6.45) is -0.380. The molecule has 0 fully saturated rings. The average molecular weight is 354 g/mol. The van der Waals surface area contributed by atoms with Crippen LogP contribution < -0.4 is 10.4 Å². The predicted octanol–water partition coefficient (Wildman–Crippen LogP) is 2.37. The van der Waals surface area contributed by atoms with Crippen LogP contribution in [0.3, 0.4) is 0 Å². The third-order valence-corrected chi connectivity index (χ3v) is 4.38. The van der Waals surface area contributed by atoms with Crippen molar-refractivity contribution >= 4 is 16.8 Å². The SMILES string of the molecule is CCC(=O)c1ccc(OCC(O)Cn2c(=O)n(C)c3ccccc32)cc1. The molecule has 1 aromatic heterocycles. The molecule has 1 N–H and O–H groups in total. The number of hydrogen-bond acceptors (Lipinski definition) is 4. The van der Waals surface area contributed by atoms with E-state index in [0.29, 0.717) is 17.7 Å². The number of rotatable bonds is 7. The van der Waals surface area contributed by atoms with Crippen molar-refractivity contribution in [2.45, 2.75) is 26.0 Å². The number of aryl methyl sites for hydroxylation is 1. The first-order chi connectivity index (χ1) is 12.5. The first-order valence-corrected chi connectivity index (χ1v) is 8.59. The predicted molar refractivity (Wildman–Crippen MR) is 99.7 cm³/mol. The van der Waals surface area contributed by atoms with Crippen molar-refractivity contribution in [3.8, 4) is 5.75 Å². The van der Waals surface area contributed by atoms with Crippen LogP contribution in [0.25, 0.3) is 11.0 Å². The first-order valence-electron chi connectivity index (χ1n) is 8.59. The molecule has 3 aromatic rings. The Balaban J connectivity index is 1.67. The quantitative estimate of drug-likeness (QED) is 0.661. The molecule has 136 valence electrons. The molecule has 0 spiro atoms. The minimum Gasteiger partial charge on any atom is -0.491 e. The van der Waals surface area contributed by atoms with E-state index in [0.717, 1.165) is 11.0 Å². The number of fused-ring (bicyclic) bond motifs is 1. The van der Waals surface area contributed by atoms with E-state index in [4.69, 9.17) is 4.74 Å². The lowest BCUT2D eigenvalue weighted by molar-refractivity contribution is 0.0923. The number of ketones is 1. The summed E-state index contributed by atoms with van der Waals surface area (Å²) in [5.41, 5.74) is 2.07. The van der Waals surface area contributed by atoms with Gasteiger partial charge < -0.3 is 9.84 Å². The molecule has 6 heteroatoms. The fourth-order valence-corrected chi connectivity index (χ4v) is 2.94. The van der Waals surface area contributed by atoms with E-state index in [9.17, 15) is 14.7 Å². The number of aliphatic hydroxyl groups is 1. The van der Waals surface area contributed by atoms with Gasteiger partial charge in [-0.15, -0.1) is 0 Å². The summed E-state index contributed by atoms with van der Waals surface area (Å²) in [6.45, 7) is 2.02. The number of para-hydroxylation sites is 2. The van der Waals surface area contributed by atoms with Crippen LogP contribution >= 0.6 is 0 Å². The van der Waals surface area contributed by atoms with Gasteiger partial charge in [0.2, 0.25) is 0 Å². The Morgan fingerprint density at radius 2 is 1.77 bits per heavy atom.